The van der Waals surface area contributed by atoms with Crippen LogP contribution in [0.1, 0.15) is 51.4 Å². The molecule has 18 heavy (non-hydrogen) atoms. The van der Waals surface area contributed by atoms with Crippen LogP contribution in [-0.4, -0.2) is 22.3 Å². The van der Waals surface area contributed by atoms with Crippen LogP contribution in [0.5, 0.6) is 0 Å². The van der Waals surface area contributed by atoms with E-state index < -0.39 is 0 Å². The molecule has 1 heterocycles. The molecule has 0 amide bonds. The lowest BCUT2D eigenvalue weighted by atomic mass is 10.3. The molecule has 0 fully saturated rings. The molecule has 0 unspecified atom stereocenters. The first-order chi connectivity index (χ1) is 8.72. The second-order valence-electron chi connectivity index (χ2n) is 4.44. The van der Waals surface area contributed by atoms with Crippen LogP contribution in [0.25, 0.3) is 0 Å². The first kappa shape index (κ1) is 15.3. The lowest BCUT2D eigenvalue weighted by Gasteiger charge is -2.13. The fraction of sp³-hybridized carbons (Fsp3) is 0.714. The maximum Gasteiger partial charge on any atom is 0.133 e. The van der Waals surface area contributed by atoms with Crippen molar-refractivity contribution in [2.24, 2.45) is 0 Å². The average Bonchev–Trinajstić information content (AvgIpc) is 2.37. The maximum absolute atomic E-state index is 4.68. The molecule has 0 aliphatic rings. The molecule has 0 aliphatic heterocycles. The van der Waals surface area contributed by atoms with Gasteiger partial charge in [-0.3, -0.25) is 0 Å². The zero-order valence-electron chi connectivity index (χ0n) is 12.0. The van der Waals surface area contributed by atoms with E-state index in [0.717, 1.165) is 48.2 Å². The van der Waals surface area contributed by atoms with Gasteiger partial charge in [0, 0.05) is 18.5 Å². The van der Waals surface area contributed by atoms with E-state index in [0.29, 0.717) is 0 Å². The van der Waals surface area contributed by atoms with Crippen LogP contribution in [0, 0.1) is 6.92 Å². The number of aromatic nitrogens is 2. The van der Waals surface area contributed by atoms with Gasteiger partial charge < -0.3 is 5.32 Å². The smallest absolute Gasteiger partial charge is 0.133 e. The molecule has 0 saturated heterocycles. The zero-order valence-corrected chi connectivity index (χ0v) is 12.9. The minimum absolute atomic E-state index is 0.959. The summed E-state index contributed by atoms with van der Waals surface area (Å²) in [5.41, 5.74) is 1.20. The Hall–Kier alpha value is -0.770. The van der Waals surface area contributed by atoms with E-state index in [1.54, 1.807) is 0 Å². The third-order valence-electron chi connectivity index (χ3n) is 2.61. The Morgan fingerprint density at radius 3 is 2.44 bits per heavy atom. The Balaban J connectivity index is 2.95. The molecule has 4 heteroatoms. The quantitative estimate of drug-likeness (QED) is 0.569. The van der Waals surface area contributed by atoms with Gasteiger partial charge in [0.1, 0.15) is 16.7 Å². The molecule has 0 aromatic carbocycles. The lowest BCUT2D eigenvalue weighted by molar-refractivity contribution is 0.799. The summed E-state index contributed by atoms with van der Waals surface area (Å²) < 4.78 is 0. The minimum atomic E-state index is 0.959. The summed E-state index contributed by atoms with van der Waals surface area (Å²) in [7, 11) is 0. The van der Waals surface area contributed by atoms with E-state index in [1.807, 2.05) is 11.8 Å². The molecule has 0 spiro atoms. The van der Waals surface area contributed by atoms with Gasteiger partial charge in [0.2, 0.25) is 0 Å². The first-order valence-corrected chi connectivity index (χ1v) is 7.95. The van der Waals surface area contributed by atoms with Gasteiger partial charge in [-0.2, -0.15) is 0 Å². The Labute approximate surface area is 115 Å². The average molecular weight is 267 g/mol. The number of nitrogens with one attached hydrogen (secondary N) is 1. The van der Waals surface area contributed by atoms with Crippen molar-refractivity contribution in [3.05, 3.63) is 11.4 Å². The molecule has 1 rings (SSSR count). The Bertz CT molecular complexity index is 337. The Morgan fingerprint density at radius 2 is 1.83 bits per heavy atom. The van der Waals surface area contributed by atoms with Crippen molar-refractivity contribution < 1.29 is 0 Å². The highest BCUT2D eigenvalue weighted by molar-refractivity contribution is 7.99. The van der Waals surface area contributed by atoms with E-state index in [-0.39, 0.29) is 0 Å². The van der Waals surface area contributed by atoms with Gasteiger partial charge in [-0.1, -0.05) is 20.8 Å². The van der Waals surface area contributed by atoms with Crippen LogP contribution in [0.3, 0.4) is 0 Å². The number of hydrogen-bond donors (Lipinski definition) is 1. The molecule has 0 saturated carbocycles. The summed E-state index contributed by atoms with van der Waals surface area (Å²) in [6.45, 7) is 9.63. The van der Waals surface area contributed by atoms with Gasteiger partial charge in [-0.25, -0.2) is 9.97 Å². The van der Waals surface area contributed by atoms with Gasteiger partial charge in [0.25, 0.3) is 0 Å². The molecule has 0 radical (unpaired) electrons. The standard InChI is InChI=1S/C14H25N3S/c1-5-8-12-16-13(15-9-6-2)11(4)14(17-12)18-10-7-3/h5-10H2,1-4H3,(H,15,16,17). The van der Waals surface area contributed by atoms with Crippen molar-refractivity contribution in [3.8, 4) is 0 Å². The summed E-state index contributed by atoms with van der Waals surface area (Å²) in [6.07, 6.45) is 4.34. The van der Waals surface area contributed by atoms with Crippen molar-refractivity contribution in [1.82, 2.24) is 9.97 Å². The number of nitrogens with zero attached hydrogens (tertiary/aromatic N) is 2. The normalized spacial score (nSPS) is 10.7. The van der Waals surface area contributed by atoms with Gasteiger partial charge in [0.15, 0.2) is 0 Å². The second-order valence-corrected chi connectivity index (χ2v) is 5.53. The number of anilines is 1. The lowest BCUT2D eigenvalue weighted by Crippen LogP contribution is -2.09. The molecule has 1 aromatic heterocycles. The molecule has 1 N–H and O–H groups in total. The minimum Gasteiger partial charge on any atom is -0.370 e. The van der Waals surface area contributed by atoms with Crippen molar-refractivity contribution in [2.75, 3.05) is 17.6 Å². The van der Waals surface area contributed by atoms with E-state index in [4.69, 9.17) is 0 Å². The van der Waals surface area contributed by atoms with Crippen LogP contribution in [0.2, 0.25) is 0 Å². The number of rotatable bonds is 8. The highest BCUT2D eigenvalue weighted by Gasteiger charge is 2.10. The van der Waals surface area contributed by atoms with Crippen molar-refractivity contribution >= 4 is 17.6 Å². The summed E-state index contributed by atoms with van der Waals surface area (Å²) in [4.78, 5) is 9.31. The SMILES string of the molecule is CCCNc1nc(CCC)nc(SCCC)c1C. The van der Waals surface area contributed by atoms with Crippen LogP contribution < -0.4 is 5.32 Å². The highest BCUT2D eigenvalue weighted by atomic mass is 32.2. The van der Waals surface area contributed by atoms with Crippen LogP contribution in [0.4, 0.5) is 5.82 Å². The number of thioether (sulfide) groups is 1. The fourth-order valence-corrected chi connectivity index (χ4v) is 2.51. The van der Waals surface area contributed by atoms with Gasteiger partial charge in [-0.15, -0.1) is 11.8 Å². The Kier molecular flexibility index (Phi) is 7.09. The molecule has 0 aliphatic carbocycles. The largest absolute Gasteiger partial charge is 0.370 e. The van der Waals surface area contributed by atoms with E-state index >= 15 is 0 Å². The van der Waals surface area contributed by atoms with Crippen molar-refractivity contribution in [2.45, 2.75) is 58.4 Å². The summed E-state index contributed by atoms with van der Waals surface area (Å²) in [6, 6.07) is 0. The van der Waals surface area contributed by atoms with Gasteiger partial charge in [-0.05, 0) is 31.9 Å². The molecular formula is C14H25N3S. The van der Waals surface area contributed by atoms with Gasteiger partial charge in [0.05, 0.1) is 0 Å². The predicted molar refractivity (Wildman–Crippen MR) is 80.6 cm³/mol. The Morgan fingerprint density at radius 1 is 1.06 bits per heavy atom. The molecule has 0 atom stereocenters. The highest BCUT2D eigenvalue weighted by Crippen LogP contribution is 2.25. The van der Waals surface area contributed by atoms with Crippen molar-refractivity contribution in [3.63, 3.8) is 0 Å². The fourth-order valence-electron chi connectivity index (χ4n) is 1.63. The third-order valence-corrected chi connectivity index (χ3v) is 3.89. The summed E-state index contributed by atoms with van der Waals surface area (Å²) in [5.74, 6) is 3.12. The molecule has 102 valence electrons. The maximum atomic E-state index is 4.68. The molecule has 3 nitrogen and oxygen atoms in total. The van der Waals surface area contributed by atoms with Crippen LogP contribution >= 0.6 is 11.8 Å². The van der Waals surface area contributed by atoms with Crippen LogP contribution in [0.15, 0.2) is 5.03 Å². The second kappa shape index (κ2) is 8.35. The van der Waals surface area contributed by atoms with E-state index in [2.05, 4.69) is 43.0 Å². The topological polar surface area (TPSA) is 37.8 Å². The van der Waals surface area contributed by atoms with E-state index in [1.165, 1.54) is 12.0 Å². The first-order valence-electron chi connectivity index (χ1n) is 6.97. The van der Waals surface area contributed by atoms with E-state index in [9.17, 15) is 0 Å². The zero-order chi connectivity index (χ0) is 13.4. The monoisotopic (exact) mass is 267 g/mol. The predicted octanol–water partition coefficient (Wildman–Crippen LogP) is 4.06. The molecule has 1 aromatic rings. The number of hydrogen-bond acceptors (Lipinski definition) is 4. The van der Waals surface area contributed by atoms with Gasteiger partial charge >= 0.3 is 0 Å². The number of aryl methyl sites for hydroxylation is 1. The molecular weight excluding hydrogens is 242 g/mol. The molecule has 0 bridgehead atoms. The third kappa shape index (κ3) is 4.48. The van der Waals surface area contributed by atoms with Crippen molar-refractivity contribution in [1.29, 1.82) is 0 Å². The van der Waals surface area contributed by atoms with Crippen LogP contribution in [-0.2, 0) is 6.42 Å². The summed E-state index contributed by atoms with van der Waals surface area (Å²) >= 11 is 1.84. The summed E-state index contributed by atoms with van der Waals surface area (Å²) in [5, 5.41) is 4.56.